The lowest BCUT2D eigenvalue weighted by atomic mass is 10.4. The molecule has 0 amide bonds. The molecule has 0 bridgehead atoms. The van der Waals surface area contributed by atoms with E-state index in [2.05, 4.69) is 0 Å². The zero-order chi connectivity index (χ0) is 6.57. The van der Waals surface area contributed by atoms with Crippen LogP contribution in [0, 0.1) is 0 Å². The molecule has 0 heterocycles. The highest BCUT2D eigenvalue weighted by Gasteiger charge is 2.03. The first-order chi connectivity index (χ1) is 3.68. The standard InChI is InChI=1S/C5H10O2Si/c1-2-3-4(8)5(6)7/h2-4H,1,8H3,(H,6,7)/b3-2+. The predicted molar refractivity (Wildman–Crippen MR) is 36.1 cm³/mol. The van der Waals surface area contributed by atoms with Crippen LogP contribution in [0.3, 0.4) is 0 Å². The molecule has 1 unspecified atom stereocenters. The van der Waals surface area contributed by atoms with Gasteiger partial charge >= 0.3 is 5.97 Å². The number of allylic oxidation sites excluding steroid dienone is 1. The van der Waals surface area contributed by atoms with Gasteiger partial charge < -0.3 is 5.11 Å². The first kappa shape index (κ1) is 7.43. The van der Waals surface area contributed by atoms with Crippen molar-refractivity contribution in [3.63, 3.8) is 0 Å². The van der Waals surface area contributed by atoms with Crippen LogP contribution in [0.15, 0.2) is 12.2 Å². The van der Waals surface area contributed by atoms with E-state index in [1.165, 1.54) is 0 Å². The van der Waals surface area contributed by atoms with Gasteiger partial charge in [-0.25, -0.2) is 0 Å². The van der Waals surface area contributed by atoms with Crippen molar-refractivity contribution < 1.29 is 9.90 Å². The maximum atomic E-state index is 10.1. The number of hydrogen-bond acceptors (Lipinski definition) is 1. The molecular formula is C5H10O2Si. The van der Waals surface area contributed by atoms with Crippen LogP contribution in [-0.4, -0.2) is 21.3 Å². The van der Waals surface area contributed by atoms with E-state index in [1.54, 1.807) is 12.2 Å². The molecule has 0 saturated carbocycles. The van der Waals surface area contributed by atoms with E-state index in [9.17, 15) is 4.79 Å². The Morgan fingerprint density at radius 2 is 2.38 bits per heavy atom. The van der Waals surface area contributed by atoms with Crippen LogP contribution in [0.4, 0.5) is 0 Å². The van der Waals surface area contributed by atoms with Crippen LogP contribution in [0.1, 0.15) is 6.92 Å². The summed E-state index contributed by atoms with van der Waals surface area (Å²) in [6.45, 7) is 1.83. The topological polar surface area (TPSA) is 37.3 Å². The number of hydrogen-bond donors (Lipinski definition) is 1. The van der Waals surface area contributed by atoms with Crippen LogP contribution in [-0.2, 0) is 4.79 Å². The van der Waals surface area contributed by atoms with E-state index in [0.29, 0.717) is 10.2 Å². The average Bonchev–Trinajstić information content (AvgIpc) is 1.67. The van der Waals surface area contributed by atoms with E-state index in [0.717, 1.165) is 0 Å². The molecule has 0 aliphatic rings. The second-order valence-electron chi connectivity index (χ2n) is 1.65. The Labute approximate surface area is 51.6 Å². The number of aliphatic carboxylic acids is 1. The minimum atomic E-state index is -0.713. The monoisotopic (exact) mass is 130 g/mol. The SMILES string of the molecule is C/C=C/C([SiH3])C(=O)O. The van der Waals surface area contributed by atoms with Crippen LogP contribution < -0.4 is 0 Å². The lowest BCUT2D eigenvalue weighted by Crippen LogP contribution is -2.03. The second kappa shape index (κ2) is 3.43. The smallest absolute Gasteiger partial charge is 0.306 e. The van der Waals surface area contributed by atoms with Gasteiger partial charge in [0.05, 0.1) is 5.54 Å². The Morgan fingerprint density at radius 1 is 1.88 bits per heavy atom. The van der Waals surface area contributed by atoms with Gasteiger partial charge in [0.2, 0.25) is 0 Å². The highest BCUT2D eigenvalue weighted by Crippen LogP contribution is 1.98. The van der Waals surface area contributed by atoms with E-state index in [4.69, 9.17) is 5.11 Å². The molecule has 0 spiro atoms. The quantitative estimate of drug-likeness (QED) is 0.415. The fourth-order valence-corrected chi connectivity index (χ4v) is 0.756. The van der Waals surface area contributed by atoms with E-state index in [-0.39, 0.29) is 5.54 Å². The molecule has 0 fully saturated rings. The van der Waals surface area contributed by atoms with Crippen molar-refractivity contribution in [3.05, 3.63) is 12.2 Å². The van der Waals surface area contributed by atoms with Crippen molar-refractivity contribution in [1.82, 2.24) is 0 Å². The van der Waals surface area contributed by atoms with Gasteiger partial charge in [-0.3, -0.25) is 4.79 Å². The third-order valence-corrected chi connectivity index (χ3v) is 1.75. The maximum absolute atomic E-state index is 10.1. The lowest BCUT2D eigenvalue weighted by molar-refractivity contribution is -0.135. The van der Waals surface area contributed by atoms with Crippen molar-refractivity contribution in [3.8, 4) is 0 Å². The highest BCUT2D eigenvalue weighted by atomic mass is 28.1. The summed E-state index contributed by atoms with van der Waals surface area (Å²) in [6, 6.07) is 0. The number of carbonyl (C=O) groups is 1. The highest BCUT2D eigenvalue weighted by molar-refractivity contribution is 6.23. The number of rotatable bonds is 2. The minimum Gasteiger partial charge on any atom is -0.481 e. The van der Waals surface area contributed by atoms with E-state index in [1.807, 2.05) is 6.92 Å². The fraction of sp³-hybridized carbons (Fsp3) is 0.400. The largest absolute Gasteiger partial charge is 0.481 e. The van der Waals surface area contributed by atoms with E-state index < -0.39 is 5.97 Å². The molecular weight excluding hydrogens is 120 g/mol. The summed E-state index contributed by atoms with van der Waals surface area (Å²) < 4.78 is 0. The molecule has 3 heteroatoms. The zero-order valence-electron chi connectivity index (χ0n) is 5.09. The molecule has 46 valence electrons. The van der Waals surface area contributed by atoms with Crippen molar-refractivity contribution >= 4 is 16.2 Å². The van der Waals surface area contributed by atoms with Gasteiger partial charge in [-0.15, -0.1) is 0 Å². The Hall–Kier alpha value is -0.573. The molecule has 1 atom stereocenters. The first-order valence-corrected chi connectivity index (χ1v) is 3.69. The van der Waals surface area contributed by atoms with Crippen LogP contribution in [0.25, 0.3) is 0 Å². The number of carboxylic acid groups (broad SMARTS) is 1. The summed E-state index contributed by atoms with van der Waals surface area (Å²) in [5.41, 5.74) is -0.208. The minimum absolute atomic E-state index is 0.208. The third kappa shape index (κ3) is 2.57. The van der Waals surface area contributed by atoms with Crippen LogP contribution >= 0.6 is 0 Å². The maximum Gasteiger partial charge on any atom is 0.306 e. The summed E-state index contributed by atoms with van der Waals surface area (Å²) in [7, 11) is 0.697. The van der Waals surface area contributed by atoms with Crippen molar-refractivity contribution in [2.24, 2.45) is 0 Å². The molecule has 0 aromatic heterocycles. The van der Waals surface area contributed by atoms with Crippen LogP contribution in [0.2, 0.25) is 5.54 Å². The molecule has 0 aromatic rings. The Morgan fingerprint density at radius 3 is 2.50 bits per heavy atom. The van der Waals surface area contributed by atoms with Gasteiger partial charge in [0, 0.05) is 10.2 Å². The molecule has 1 N–H and O–H groups in total. The molecule has 2 nitrogen and oxygen atoms in total. The molecule has 8 heavy (non-hydrogen) atoms. The molecule has 0 saturated heterocycles. The van der Waals surface area contributed by atoms with Gasteiger partial charge in [0.25, 0.3) is 0 Å². The van der Waals surface area contributed by atoms with Crippen LogP contribution in [0.5, 0.6) is 0 Å². The van der Waals surface area contributed by atoms with Gasteiger partial charge in [0.1, 0.15) is 0 Å². The van der Waals surface area contributed by atoms with Crippen molar-refractivity contribution in [2.45, 2.75) is 12.5 Å². The lowest BCUT2D eigenvalue weighted by Gasteiger charge is -1.93. The second-order valence-corrected chi connectivity index (χ2v) is 2.90. The first-order valence-electron chi connectivity index (χ1n) is 2.54. The van der Waals surface area contributed by atoms with Crippen molar-refractivity contribution in [2.75, 3.05) is 0 Å². The normalized spacial score (nSPS) is 14.6. The molecule has 0 aromatic carbocycles. The summed E-state index contributed by atoms with van der Waals surface area (Å²) in [5, 5.41) is 8.30. The Bertz CT molecular complexity index is 109. The molecule has 0 aliphatic carbocycles. The van der Waals surface area contributed by atoms with Crippen molar-refractivity contribution in [1.29, 1.82) is 0 Å². The van der Waals surface area contributed by atoms with Gasteiger partial charge in [0.15, 0.2) is 0 Å². The molecule has 0 aliphatic heterocycles. The predicted octanol–water partition coefficient (Wildman–Crippen LogP) is -0.199. The van der Waals surface area contributed by atoms with Gasteiger partial charge in [-0.1, -0.05) is 12.2 Å². The summed E-state index contributed by atoms with van der Waals surface area (Å²) in [6.07, 6.45) is 3.47. The molecule has 0 rings (SSSR count). The molecule has 0 radical (unpaired) electrons. The summed E-state index contributed by atoms with van der Waals surface area (Å²) >= 11 is 0. The van der Waals surface area contributed by atoms with Gasteiger partial charge in [-0.05, 0) is 6.92 Å². The average molecular weight is 130 g/mol. The summed E-state index contributed by atoms with van der Waals surface area (Å²) in [5.74, 6) is -0.713. The number of carboxylic acids is 1. The fourth-order valence-electron chi connectivity index (χ4n) is 0.371. The summed E-state index contributed by atoms with van der Waals surface area (Å²) in [4.78, 5) is 10.1. The van der Waals surface area contributed by atoms with E-state index >= 15 is 0 Å². The Balaban J connectivity index is 3.64. The zero-order valence-corrected chi connectivity index (χ0v) is 7.09. The Kier molecular flexibility index (Phi) is 3.19. The van der Waals surface area contributed by atoms with Gasteiger partial charge in [-0.2, -0.15) is 0 Å². The third-order valence-electron chi connectivity index (χ3n) is 0.871.